The Kier molecular flexibility index (Phi) is 1.51. The van der Waals surface area contributed by atoms with Crippen LogP contribution in [0.1, 0.15) is 27.7 Å². The van der Waals surface area contributed by atoms with Gasteiger partial charge in [0.25, 0.3) is 0 Å². The lowest BCUT2D eigenvalue weighted by molar-refractivity contribution is -0.313. The van der Waals surface area contributed by atoms with E-state index in [1.807, 2.05) is 27.7 Å². The standard InChI is InChI=1S/C10H16O4/c1-5-7-9(3)12-6(2)8(14-9)10(4,11-5)13-7/h5-8H,1-4H3/t5?,6?,7-,8?,9-,10-/m1/s1. The van der Waals surface area contributed by atoms with Gasteiger partial charge in [0.2, 0.25) is 0 Å². The van der Waals surface area contributed by atoms with E-state index in [2.05, 4.69) is 0 Å². The van der Waals surface area contributed by atoms with E-state index in [4.69, 9.17) is 18.9 Å². The molecule has 3 rings (SSSR count). The van der Waals surface area contributed by atoms with E-state index in [1.165, 1.54) is 0 Å². The largest absolute Gasteiger partial charge is 0.342 e. The molecular weight excluding hydrogens is 184 g/mol. The van der Waals surface area contributed by atoms with Gasteiger partial charge in [0.15, 0.2) is 11.6 Å². The summed E-state index contributed by atoms with van der Waals surface area (Å²) in [6.07, 6.45) is -0.174. The van der Waals surface area contributed by atoms with Crippen LogP contribution in [0.25, 0.3) is 0 Å². The first kappa shape index (κ1) is 9.09. The van der Waals surface area contributed by atoms with Gasteiger partial charge in [-0.05, 0) is 27.7 Å². The van der Waals surface area contributed by atoms with Crippen LogP contribution in [0.4, 0.5) is 0 Å². The van der Waals surface area contributed by atoms with Gasteiger partial charge >= 0.3 is 0 Å². The van der Waals surface area contributed by atoms with Gasteiger partial charge in [0.05, 0.1) is 12.2 Å². The second-order valence-electron chi connectivity index (χ2n) is 4.75. The average Bonchev–Trinajstić information content (AvgIpc) is 2.49. The molecule has 3 aliphatic rings. The van der Waals surface area contributed by atoms with Crippen LogP contribution in [0.3, 0.4) is 0 Å². The number of rotatable bonds is 0. The molecule has 0 aromatic rings. The molecule has 14 heavy (non-hydrogen) atoms. The molecule has 0 amide bonds. The lowest BCUT2D eigenvalue weighted by Gasteiger charge is -2.37. The summed E-state index contributed by atoms with van der Waals surface area (Å²) in [7, 11) is 0. The van der Waals surface area contributed by atoms with Crippen molar-refractivity contribution in [3.63, 3.8) is 0 Å². The third-order valence-electron chi connectivity index (χ3n) is 3.45. The molecule has 6 atom stereocenters. The minimum absolute atomic E-state index is 0.0301. The fourth-order valence-corrected chi connectivity index (χ4v) is 2.95. The zero-order valence-electron chi connectivity index (χ0n) is 8.94. The molecule has 0 N–H and O–H groups in total. The van der Waals surface area contributed by atoms with Gasteiger partial charge in [-0.15, -0.1) is 0 Å². The van der Waals surface area contributed by atoms with Crippen molar-refractivity contribution in [2.24, 2.45) is 0 Å². The third kappa shape index (κ3) is 0.877. The molecule has 3 fully saturated rings. The Balaban J connectivity index is 2.04. The Bertz CT molecular complexity index is 253. The van der Waals surface area contributed by atoms with Crippen molar-refractivity contribution in [2.75, 3.05) is 0 Å². The van der Waals surface area contributed by atoms with E-state index in [0.717, 1.165) is 0 Å². The van der Waals surface area contributed by atoms with E-state index in [9.17, 15) is 0 Å². The Morgan fingerprint density at radius 3 is 1.43 bits per heavy atom. The maximum atomic E-state index is 5.89. The summed E-state index contributed by atoms with van der Waals surface area (Å²) in [5.41, 5.74) is 0. The van der Waals surface area contributed by atoms with E-state index in [0.29, 0.717) is 0 Å². The van der Waals surface area contributed by atoms with Gasteiger partial charge in [-0.1, -0.05) is 0 Å². The van der Waals surface area contributed by atoms with Crippen LogP contribution >= 0.6 is 0 Å². The van der Waals surface area contributed by atoms with E-state index < -0.39 is 11.6 Å². The van der Waals surface area contributed by atoms with Crippen LogP contribution in [-0.4, -0.2) is 36.0 Å². The maximum Gasteiger partial charge on any atom is 0.195 e. The van der Waals surface area contributed by atoms with E-state index in [1.54, 1.807) is 0 Å². The molecule has 3 unspecified atom stereocenters. The summed E-state index contributed by atoms with van der Waals surface area (Å²) in [6, 6.07) is 0. The van der Waals surface area contributed by atoms with Crippen LogP contribution in [-0.2, 0) is 18.9 Å². The Labute approximate surface area is 83.5 Å². The van der Waals surface area contributed by atoms with Crippen molar-refractivity contribution >= 4 is 0 Å². The lowest BCUT2D eigenvalue weighted by atomic mass is 10.1. The molecule has 3 heterocycles. The highest BCUT2D eigenvalue weighted by atomic mass is 16.9. The highest BCUT2D eigenvalue weighted by Crippen LogP contribution is 2.51. The quantitative estimate of drug-likeness (QED) is 0.585. The number of ether oxygens (including phenoxy) is 4. The topological polar surface area (TPSA) is 36.9 Å². The van der Waals surface area contributed by atoms with Crippen LogP contribution in [0.15, 0.2) is 0 Å². The summed E-state index contributed by atoms with van der Waals surface area (Å²) < 4.78 is 23.4. The van der Waals surface area contributed by atoms with Gasteiger partial charge in [-0.25, -0.2) is 0 Å². The molecule has 4 nitrogen and oxygen atoms in total. The smallest absolute Gasteiger partial charge is 0.195 e. The Morgan fingerprint density at radius 1 is 0.714 bits per heavy atom. The summed E-state index contributed by atoms with van der Waals surface area (Å²) in [5.74, 6) is -1.25. The van der Waals surface area contributed by atoms with Crippen molar-refractivity contribution in [1.82, 2.24) is 0 Å². The molecular formula is C10H16O4. The van der Waals surface area contributed by atoms with E-state index >= 15 is 0 Å². The lowest BCUT2D eigenvalue weighted by Crippen LogP contribution is -2.53. The van der Waals surface area contributed by atoms with Crippen molar-refractivity contribution in [2.45, 2.75) is 63.7 Å². The first-order valence-electron chi connectivity index (χ1n) is 5.16. The maximum absolute atomic E-state index is 5.89. The van der Waals surface area contributed by atoms with Gasteiger partial charge in [0, 0.05) is 0 Å². The molecule has 0 aliphatic carbocycles. The summed E-state index contributed by atoms with van der Waals surface area (Å²) >= 11 is 0. The van der Waals surface area contributed by atoms with Crippen molar-refractivity contribution in [3.05, 3.63) is 0 Å². The molecule has 3 aliphatic heterocycles. The summed E-state index contributed by atoms with van der Waals surface area (Å²) in [5, 5.41) is 0. The fraction of sp³-hybridized carbons (Fsp3) is 1.00. The monoisotopic (exact) mass is 200 g/mol. The first-order valence-corrected chi connectivity index (χ1v) is 5.16. The fourth-order valence-electron chi connectivity index (χ4n) is 2.95. The summed E-state index contributed by atoms with van der Waals surface area (Å²) in [4.78, 5) is 0. The van der Waals surface area contributed by atoms with Gasteiger partial charge in [0.1, 0.15) is 12.2 Å². The van der Waals surface area contributed by atoms with Gasteiger partial charge in [-0.3, -0.25) is 0 Å². The van der Waals surface area contributed by atoms with Gasteiger partial charge in [-0.2, -0.15) is 0 Å². The van der Waals surface area contributed by atoms with E-state index in [-0.39, 0.29) is 24.4 Å². The minimum Gasteiger partial charge on any atom is -0.342 e. The second kappa shape index (κ2) is 2.32. The zero-order valence-corrected chi connectivity index (χ0v) is 8.94. The SMILES string of the molecule is CC1O[C@]2(C)OC1[C@]1(C)OC(C)[C@H]2O1. The van der Waals surface area contributed by atoms with Crippen molar-refractivity contribution in [3.8, 4) is 0 Å². The van der Waals surface area contributed by atoms with Gasteiger partial charge < -0.3 is 18.9 Å². The number of hydrogen-bond donors (Lipinski definition) is 0. The highest BCUT2D eigenvalue weighted by molar-refractivity contribution is 5.04. The predicted octanol–water partition coefficient (Wildman–Crippen LogP) is 1.04. The molecule has 0 saturated carbocycles. The molecule has 0 spiro atoms. The predicted molar refractivity (Wildman–Crippen MR) is 47.7 cm³/mol. The van der Waals surface area contributed by atoms with Crippen LogP contribution in [0.5, 0.6) is 0 Å². The highest BCUT2D eigenvalue weighted by Gasteiger charge is 2.68. The molecule has 4 heteroatoms. The average molecular weight is 200 g/mol. The minimum atomic E-state index is -0.625. The Morgan fingerprint density at radius 2 is 1.07 bits per heavy atom. The summed E-state index contributed by atoms with van der Waals surface area (Å²) in [6.45, 7) is 7.86. The Hall–Kier alpha value is -0.160. The second-order valence-corrected chi connectivity index (χ2v) is 4.75. The van der Waals surface area contributed by atoms with Crippen LogP contribution in [0.2, 0.25) is 0 Å². The molecule has 3 saturated heterocycles. The van der Waals surface area contributed by atoms with Crippen LogP contribution in [0, 0.1) is 0 Å². The van der Waals surface area contributed by atoms with Crippen LogP contribution < -0.4 is 0 Å². The number of hydrogen-bond acceptors (Lipinski definition) is 4. The van der Waals surface area contributed by atoms with Crippen molar-refractivity contribution < 1.29 is 18.9 Å². The normalized spacial score (nSPS) is 66.0. The molecule has 0 aromatic carbocycles. The zero-order chi connectivity index (χ0) is 10.1. The third-order valence-corrected chi connectivity index (χ3v) is 3.45. The molecule has 0 radical (unpaired) electrons. The van der Waals surface area contributed by atoms with Crippen molar-refractivity contribution in [1.29, 1.82) is 0 Å². The first-order chi connectivity index (χ1) is 6.45. The number of fused-ring (bicyclic) bond motifs is 6. The molecule has 80 valence electrons. The molecule has 0 aromatic heterocycles. The molecule has 4 bridgehead atoms.